The fourth-order valence-corrected chi connectivity index (χ4v) is 2.25. The fourth-order valence-electron chi connectivity index (χ4n) is 2.25. The maximum Gasteiger partial charge on any atom is 0.303 e. The Morgan fingerprint density at radius 1 is 1.24 bits per heavy atom. The number of Topliss-reactive ketones (excluding diaryl/α,β-unsaturated/α-hetero) is 1. The molecule has 2 N–H and O–H groups in total. The van der Waals surface area contributed by atoms with Crippen LogP contribution in [0.4, 0.5) is 0 Å². The molecular weight excluding hydrogens is 266 g/mol. The number of carboxylic acids is 1. The second-order valence-electron chi connectivity index (χ2n) is 6.56. The van der Waals surface area contributed by atoms with Gasteiger partial charge in [0.05, 0.1) is 6.04 Å². The van der Waals surface area contributed by atoms with Crippen LogP contribution in [0.25, 0.3) is 0 Å². The number of nitrogens with one attached hydrogen (secondary N) is 1. The van der Waals surface area contributed by atoms with Crippen molar-refractivity contribution in [2.75, 3.05) is 0 Å². The van der Waals surface area contributed by atoms with Gasteiger partial charge >= 0.3 is 5.97 Å². The second kappa shape index (κ2) is 6.85. The monoisotopic (exact) mass is 291 g/mol. The van der Waals surface area contributed by atoms with E-state index in [1.807, 2.05) is 52.8 Å². The molecule has 0 bridgehead atoms. The van der Waals surface area contributed by atoms with Crippen LogP contribution in [0.5, 0.6) is 0 Å². The summed E-state index contributed by atoms with van der Waals surface area (Å²) in [5.41, 5.74) is 2.36. The minimum Gasteiger partial charge on any atom is -0.481 e. The summed E-state index contributed by atoms with van der Waals surface area (Å²) in [4.78, 5) is 23.6. The Balaban J connectivity index is 3.03. The van der Waals surface area contributed by atoms with Crippen LogP contribution in [0.3, 0.4) is 0 Å². The van der Waals surface area contributed by atoms with E-state index in [9.17, 15) is 9.59 Å². The largest absolute Gasteiger partial charge is 0.481 e. The predicted octanol–water partition coefficient (Wildman–Crippen LogP) is 3.11. The van der Waals surface area contributed by atoms with Crippen molar-refractivity contribution in [1.29, 1.82) is 0 Å². The summed E-state index contributed by atoms with van der Waals surface area (Å²) in [6, 6.07) is 5.28. The molecule has 0 radical (unpaired) electrons. The highest BCUT2D eigenvalue weighted by Gasteiger charge is 2.26. The molecule has 0 amide bonds. The molecular formula is C17H25NO3. The van der Waals surface area contributed by atoms with Crippen LogP contribution in [0, 0.1) is 13.8 Å². The zero-order valence-electron chi connectivity index (χ0n) is 13.5. The standard InChI is InChI=1S/C17H25NO3/c1-11-6-7-12(2)13(10-11)16(21)14(8-9-15(19)20)18-17(3,4)5/h6-7,10,14,18H,8-9H2,1-5H3,(H,19,20). The first-order valence-corrected chi connectivity index (χ1v) is 7.21. The summed E-state index contributed by atoms with van der Waals surface area (Å²) >= 11 is 0. The van der Waals surface area contributed by atoms with E-state index < -0.39 is 12.0 Å². The number of carboxylic acid groups (broad SMARTS) is 1. The number of ketones is 1. The van der Waals surface area contributed by atoms with Crippen LogP contribution < -0.4 is 5.32 Å². The molecule has 1 unspecified atom stereocenters. The third-order valence-corrected chi connectivity index (χ3v) is 3.23. The number of rotatable bonds is 6. The van der Waals surface area contributed by atoms with Crippen LogP contribution >= 0.6 is 0 Å². The first kappa shape index (κ1) is 17.4. The maximum absolute atomic E-state index is 12.8. The molecule has 1 atom stereocenters. The van der Waals surface area contributed by atoms with Gasteiger partial charge in [-0.3, -0.25) is 9.59 Å². The summed E-state index contributed by atoms with van der Waals surface area (Å²) in [5, 5.41) is 12.1. The number of carbonyl (C=O) groups is 2. The Bertz CT molecular complexity index is 529. The van der Waals surface area contributed by atoms with Crippen LogP contribution in [-0.2, 0) is 4.79 Å². The highest BCUT2D eigenvalue weighted by Crippen LogP contribution is 2.17. The second-order valence-corrected chi connectivity index (χ2v) is 6.56. The summed E-state index contributed by atoms with van der Waals surface area (Å²) in [6.45, 7) is 9.75. The molecule has 4 nitrogen and oxygen atoms in total. The van der Waals surface area contributed by atoms with Crippen molar-refractivity contribution in [3.63, 3.8) is 0 Å². The van der Waals surface area contributed by atoms with Gasteiger partial charge in [0.1, 0.15) is 0 Å². The third-order valence-electron chi connectivity index (χ3n) is 3.23. The van der Waals surface area contributed by atoms with Crippen LogP contribution in [-0.4, -0.2) is 28.4 Å². The lowest BCUT2D eigenvalue weighted by atomic mass is 9.93. The summed E-state index contributed by atoms with van der Waals surface area (Å²) in [6.07, 6.45) is 0.267. The maximum atomic E-state index is 12.8. The van der Waals surface area contributed by atoms with E-state index in [0.717, 1.165) is 11.1 Å². The molecule has 21 heavy (non-hydrogen) atoms. The van der Waals surface area contributed by atoms with Crippen molar-refractivity contribution >= 4 is 11.8 Å². The van der Waals surface area contributed by atoms with Crippen molar-refractivity contribution in [2.45, 2.75) is 59.0 Å². The van der Waals surface area contributed by atoms with Crippen molar-refractivity contribution in [3.05, 3.63) is 34.9 Å². The molecule has 0 saturated carbocycles. The SMILES string of the molecule is Cc1ccc(C)c(C(=O)C(CCC(=O)O)NC(C)(C)C)c1. The number of carbonyl (C=O) groups excluding carboxylic acids is 1. The van der Waals surface area contributed by atoms with Crippen LogP contribution in [0.1, 0.15) is 55.1 Å². The molecule has 1 aromatic rings. The minimum absolute atomic E-state index is 0.0235. The minimum atomic E-state index is -0.885. The van der Waals surface area contributed by atoms with Gasteiger partial charge in [-0.2, -0.15) is 0 Å². The van der Waals surface area contributed by atoms with Gasteiger partial charge in [-0.05, 0) is 52.7 Å². The van der Waals surface area contributed by atoms with Gasteiger partial charge in [-0.15, -0.1) is 0 Å². The Labute approximate surface area is 126 Å². The molecule has 0 aliphatic carbocycles. The van der Waals surface area contributed by atoms with E-state index in [0.29, 0.717) is 12.0 Å². The highest BCUT2D eigenvalue weighted by molar-refractivity contribution is 6.01. The molecule has 0 spiro atoms. The number of hydrogen-bond donors (Lipinski definition) is 2. The smallest absolute Gasteiger partial charge is 0.303 e. The van der Waals surface area contributed by atoms with Crippen LogP contribution in [0.15, 0.2) is 18.2 Å². The predicted molar refractivity (Wildman–Crippen MR) is 83.8 cm³/mol. The molecule has 0 fully saturated rings. The van der Waals surface area contributed by atoms with Crippen molar-refractivity contribution in [3.8, 4) is 0 Å². The van der Waals surface area contributed by atoms with Crippen molar-refractivity contribution < 1.29 is 14.7 Å². The Hall–Kier alpha value is -1.68. The Kier molecular flexibility index (Phi) is 5.67. The van der Waals surface area contributed by atoms with E-state index in [2.05, 4.69) is 5.32 Å². The van der Waals surface area contributed by atoms with Gasteiger partial charge in [0.2, 0.25) is 0 Å². The average molecular weight is 291 g/mol. The first-order chi connectivity index (χ1) is 9.60. The van der Waals surface area contributed by atoms with Gasteiger partial charge < -0.3 is 10.4 Å². The van der Waals surface area contributed by atoms with E-state index >= 15 is 0 Å². The van der Waals surface area contributed by atoms with E-state index in [1.165, 1.54) is 0 Å². The molecule has 1 aromatic carbocycles. The van der Waals surface area contributed by atoms with Gasteiger partial charge in [0.25, 0.3) is 0 Å². The highest BCUT2D eigenvalue weighted by atomic mass is 16.4. The van der Waals surface area contributed by atoms with Gasteiger partial charge in [-0.1, -0.05) is 17.7 Å². The Morgan fingerprint density at radius 3 is 2.38 bits per heavy atom. The lowest BCUT2D eigenvalue weighted by molar-refractivity contribution is -0.137. The fraction of sp³-hybridized carbons (Fsp3) is 0.529. The Morgan fingerprint density at radius 2 is 1.86 bits per heavy atom. The normalized spacial score (nSPS) is 13.0. The number of aliphatic carboxylic acids is 1. The molecule has 116 valence electrons. The average Bonchev–Trinajstić information content (AvgIpc) is 2.35. The van der Waals surface area contributed by atoms with E-state index in [4.69, 9.17) is 5.11 Å². The number of hydrogen-bond acceptors (Lipinski definition) is 3. The van der Waals surface area contributed by atoms with E-state index in [-0.39, 0.29) is 17.7 Å². The first-order valence-electron chi connectivity index (χ1n) is 7.21. The van der Waals surface area contributed by atoms with Crippen molar-refractivity contribution in [1.82, 2.24) is 5.32 Å². The molecule has 0 aliphatic rings. The van der Waals surface area contributed by atoms with Gasteiger partial charge in [-0.25, -0.2) is 0 Å². The third kappa shape index (κ3) is 5.68. The van der Waals surface area contributed by atoms with Gasteiger partial charge in [0.15, 0.2) is 5.78 Å². The topological polar surface area (TPSA) is 66.4 Å². The van der Waals surface area contributed by atoms with Crippen molar-refractivity contribution in [2.24, 2.45) is 0 Å². The molecule has 0 saturated heterocycles. The summed E-state index contributed by atoms with van der Waals surface area (Å²) in [7, 11) is 0. The quantitative estimate of drug-likeness (QED) is 0.790. The van der Waals surface area contributed by atoms with Crippen LogP contribution in [0.2, 0.25) is 0 Å². The molecule has 4 heteroatoms. The molecule has 0 aromatic heterocycles. The van der Waals surface area contributed by atoms with E-state index in [1.54, 1.807) is 0 Å². The summed E-state index contributed by atoms with van der Waals surface area (Å²) < 4.78 is 0. The molecule has 1 rings (SSSR count). The number of aryl methyl sites for hydroxylation is 2. The van der Waals surface area contributed by atoms with Gasteiger partial charge in [0, 0.05) is 17.5 Å². The summed E-state index contributed by atoms with van der Waals surface area (Å²) in [5.74, 6) is -0.920. The number of benzene rings is 1. The lowest BCUT2D eigenvalue weighted by Crippen LogP contribution is -2.48. The molecule has 0 aliphatic heterocycles. The molecule has 0 heterocycles. The zero-order valence-corrected chi connectivity index (χ0v) is 13.5. The lowest BCUT2D eigenvalue weighted by Gasteiger charge is -2.28. The zero-order chi connectivity index (χ0) is 16.2.